The number of nitrogens with zero attached hydrogens (tertiary/aromatic N) is 4. The van der Waals surface area contributed by atoms with Gasteiger partial charge in [-0.05, 0) is 46.7 Å². The van der Waals surface area contributed by atoms with Gasteiger partial charge in [0.05, 0.1) is 11.9 Å². The van der Waals surface area contributed by atoms with E-state index in [0.29, 0.717) is 19.0 Å². The number of aromatic nitrogens is 1. The van der Waals surface area contributed by atoms with Crippen LogP contribution in [0.5, 0.6) is 0 Å². The van der Waals surface area contributed by atoms with Gasteiger partial charge in [0.25, 0.3) is 0 Å². The third-order valence-corrected chi connectivity index (χ3v) is 7.27. The van der Waals surface area contributed by atoms with Gasteiger partial charge in [-0.15, -0.1) is 0 Å². The van der Waals surface area contributed by atoms with Crippen LogP contribution in [0.2, 0.25) is 0 Å². The van der Waals surface area contributed by atoms with Crippen LogP contribution < -0.4 is 20.4 Å². The lowest BCUT2D eigenvalue weighted by atomic mass is 9.96. The van der Waals surface area contributed by atoms with Gasteiger partial charge >= 0.3 is 12.1 Å². The van der Waals surface area contributed by atoms with Gasteiger partial charge in [-0.1, -0.05) is 31.4 Å². The standard InChI is InChI=1S/C18H21N5O2.C11H21NO2/c1-21-7-9-22(10-8-21)15-4-2-3-13-14(15)11-19-12-16(13)23-6-5-17(24)20-18(23)25;1-11(2,3)14-10(13)12-9-7-5-4-6-8-9/h2-4,11-12H,5-10H2,1H3,(H,20,24,25);9H,4-8H2,1-3H3,(H,12,13). The van der Waals surface area contributed by atoms with E-state index in [0.717, 1.165) is 61.2 Å². The molecule has 1 aromatic carbocycles. The van der Waals surface area contributed by atoms with E-state index >= 15 is 0 Å². The lowest BCUT2D eigenvalue weighted by Gasteiger charge is -2.35. The number of imide groups is 1. The fourth-order valence-corrected chi connectivity index (χ4v) is 5.22. The molecule has 2 aliphatic heterocycles. The monoisotopic (exact) mass is 538 g/mol. The van der Waals surface area contributed by atoms with Gasteiger partial charge in [-0.2, -0.15) is 0 Å². The topological polar surface area (TPSA) is 107 Å². The molecule has 2 N–H and O–H groups in total. The van der Waals surface area contributed by atoms with Crippen molar-refractivity contribution in [3.63, 3.8) is 0 Å². The zero-order valence-corrected chi connectivity index (χ0v) is 23.7. The van der Waals surface area contributed by atoms with Gasteiger partial charge in [0.15, 0.2) is 0 Å². The molecule has 212 valence electrons. The molecule has 5 rings (SSSR count). The van der Waals surface area contributed by atoms with Crippen molar-refractivity contribution in [2.24, 2.45) is 0 Å². The molecule has 39 heavy (non-hydrogen) atoms. The maximum absolute atomic E-state index is 12.2. The number of piperazine rings is 1. The summed E-state index contributed by atoms with van der Waals surface area (Å²) < 4.78 is 5.19. The minimum atomic E-state index is -0.390. The van der Waals surface area contributed by atoms with Crippen molar-refractivity contribution in [1.82, 2.24) is 20.5 Å². The Morgan fingerprint density at radius 1 is 0.974 bits per heavy atom. The summed E-state index contributed by atoms with van der Waals surface area (Å²) in [6.07, 6.45) is 9.53. The Morgan fingerprint density at radius 2 is 1.69 bits per heavy atom. The van der Waals surface area contributed by atoms with E-state index in [-0.39, 0.29) is 18.0 Å². The van der Waals surface area contributed by atoms with Crippen molar-refractivity contribution in [3.05, 3.63) is 30.6 Å². The van der Waals surface area contributed by atoms with Gasteiger partial charge in [0.2, 0.25) is 5.91 Å². The second kappa shape index (κ2) is 12.6. The quantitative estimate of drug-likeness (QED) is 0.601. The molecule has 0 unspecified atom stereocenters. The third kappa shape index (κ3) is 7.81. The van der Waals surface area contributed by atoms with Crippen LogP contribution in [-0.2, 0) is 9.53 Å². The number of alkyl carbamates (subject to hydrolysis) is 1. The molecule has 10 nitrogen and oxygen atoms in total. The molecule has 4 amide bonds. The van der Waals surface area contributed by atoms with E-state index in [4.69, 9.17) is 4.74 Å². The molecule has 3 fully saturated rings. The molecule has 10 heteroatoms. The average Bonchev–Trinajstić information content (AvgIpc) is 2.89. The zero-order chi connectivity index (χ0) is 28.0. The van der Waals surface area contributed by atoms with E-state index in [9.17, 15) is 14.4 Å². The van der Waals surface area contributed by atoms with Gasteiger partial charge < -0.3 is 19.9 Å². The van der Waals surface area contributed by atoms with Gasteiger partial charge in [0.1, 0.15) is 5.60 Å². The zero-order valence-electron chi connectivity index (χ0n) is 23.7. The fourth-order valence-electron chi connectivity index (χ4n) is 5.22. The smallest absolute Gasteiger partial charge is 0.407 e. The highest BCUT2D eigenvalue weighted by Gasteiger charge is 2.26. The molecule has 2 aromatic rings. The predicted octanol–water partition coefficient (Wildman–Crippen LogP) is 4.28. The number of likely N-dealkylation sites (N-methyl/N-ethyl adjacent to an activating group) is 1. The molecule has 0 radical (unpaired) electrons. The van der Waals surface area contributed by atoms with Crippen LogP contribution in [0.3, 0.4) is 0 Å². The van der Waals surface area contributed by atoms with E-state index < -0.39 is 5.60 Å². The Labute approximate surface area is 231 Å². The molecule has 0 atom stereocenters. The number of benzene rings is 1. The Morgan fingerprint density at radius 3 is 2.36 bits per heavy atom. The summed E-state index contributed by atoms with van der Waals surface area (Å²) in [7, 11) is 2.14. The van der Waals surface area contributed by atoms with Crippen LogP contribution in [0.4, 0.5) is 21.0 Å². The number of ether oxygens (including phenoxy) is 1. The number of rotatable bonds is 3. The summed E-state index contributed by atoms with van der Waals surface area (Å²) in [6.45, 7) is 10.0. The summed E-state index contributed by atoms with van der Waals surface area (Å²) in [5.41, 5.74) is 1.51. The fraction of sp³-hybridized carbons (Fsp3) is 0.586. The summed E-state index contributed by atoms with van der Waals surface area (Å²) in [5.74, 6) is -0.229. The van der Waals surface area contributed by atoms with Crippen LogP contribution in [-0.4, -0.2) is 79.3 Å². The summed E-state index contributed by atoms with van der Waals surface area (Å²) >= 11 is 0. The number of hydrogen-bond donors (Lipinski definition) is 2. The molecule has 0 spiro atoms. The number of carbonyl (C=O) groups is 3. The molecule has 1 aromatic heterocycles. The second-order valence-corrected chi connectivity index (χ2v) is 11.6. The molecule has 1 aliphatic carbocycles. The number of fused-ring (bicyclic) bond motifs is 1. The molecule has 1 saturated carbocycles. The normalized spacial score (nSPS) is 19.3. The van der Waals surface area contributed by atoms with E-state index in [1.165, 1.54) is 19.3 Å². The van der Waals surface area contributed by atoms with Crippen LogP contribution in [0.15, 0.2) is 30.6 Å². The molecular formula is C29H42N6O4. The number of carbonyl (C=O) groups excluding carboxylic acids is 3. The SMILES string of the molecule is CC(C)(C)OC(=O)NC1CCCCC1.CN1CCN(c2cccc3c(N4CCC(=O)NC4=O)cncc23)CC1. The highest BCUT2D eigenvalue weighted by Crippen LogP contribution is 2.33. The Balaban J connectivity index is 0.000000215. The Kier molecular flexibility index (Phi) is 9.27. The summed E-state index contributed by atoms with van der Waals surface area (Å²) in [6, 6.07) is 6.09. The first-order valence-electron chi connectivity index (χ1n) is 14.0. The minimum Gasteiger partial charge on any atom is -0.444 e. The highest BCUT2D eigenvalue weighted by atomic mass is 16.6. The first kappa shape index (κ1) is 28.6. The summed E-state index contributed by atoms with van der Waals surface area (Å²) in [5, 5.41) is 7.31. The van der Waals surface area contributed by atoms with E-state index in [1.54, 1.807) is 11.1 Å². The number of pyridine rings is 1. The first-order chi connectivity index (χ1) is 18.6. The predicted molar refractivity (Wildman–Crippen MR) is 153 cm³/mol. The van der Waals surface area contributed by atoms with Crippen molar-refractivity contribution >= 4 is 40.2 Å². The molecule has 2 saturated heterocycles. The molecule has 0 bridgehead atoms. The number of urea groups is 1. The summed E-state index contributed by atoms with van der Waals surface area (Å²) in [4.78, 5) is 45.7. The third-order valence-electron chi connectivity index (χ3n) is 7.27. The lowest BCUT2D eigenvalue weighted by Crippen LogP contribution is -2.49. The number of amides is 4. The Bertz CT molecular complexity index is 1170. The van der Waals surface area contributed by atoms with Crippen molar-refractivity contribution in [2.75, 3.05) is 49.6 Å². The van der Waals surface area contributed by atoms with Crippen LogP contribution in [0.25, 0.3) is 10.8 Å². The molecular weight excluding hydrogens is 496 g/mol. The number of nitrogens with one attached hydrogen (secondary N) is 2. The van der Waals surface area contributed by atoms with Gasteiger partial charge in [-0.3, -0.25) is 20.0 Å². The van der Waals surface area contributed by atoms with Crippen LogP contribution >= 0.6 is 0 Å². The van der Waals surface area contributed by atoms with Gasteiger partial charge in [-0.25, -0.2) is 9.59 Å². The largest absolute Gasteiger partial charge is 0.444 e. The van der Waals surface area contributed by atoms with Crippen molar-refractivity contribution in [1.29, 1.82) is 0 Å². The van der Waals surface area contributed by atoms with Crippen LogP contribution in [0.1, 0.15) is 59.3 Å². The first-order valence-corrected chi connectivity index (χ1v) is 14.0. The van der Waals surface area contributed by atoms with E-state index in [2.05, 4.69) is 38.5 Å². The lowest BCUT2D eigenvalue weighted by molar-refractivity contribution is -0.120. The van der Waals surface area contributed by atoms with Crippen molar-refractivity contribution < 1.29 is 19.1 Å². The number of anilines is 2. The average molecular weight is 539 g/mol. The second-order valence-electron chi connectivity index (χ2n) is 11.6. The van der Waals surface area contributed by atoms with Crippen LogP contribution in [0, 0.1) is 0 Å². The van der Waals surface area contributed by atoms with E-state index in [1.807, 2.05) is 39.1 Å². The van der Waals surface area contributed by atoms with Crippen molar-refractivity contribution in [3.8, 4) is 0 Å². The Hall–Kier alpha value is -3.40. The maximum atomic E-state index is 12.2. The minimum absolute atomic E-state index is 0.229. The molecule has 3 aliphatic rings. The number of hydrogen-bond acceptors (Lipinski definition) is 7. The van der Waals surface area contributed by atoms with Gasteiger partial charge in [0, 0.05) is 67.8 Å². The maximum Gasteiger partial charge on any atom is 0.407 e. The molecule has 3 heterocycles. The van der Waals surface area contributed by atoms with Crippen molar-refractivity contribution in [2.45, 2.75) is 70.9 Å². The highest BCUT2D eigenvalue weighted by molar-refractivity contribution is 6.11.